The lowest BCUT2D eigenvalue weighted by atomic mass is 10.3. The zero-order valence-electron chi connectivity index (χ0n) is 9.31. The number of para-hydroxylation sites is 1. The normalized spacial score (nSPS) is 10.0. The van der Waals surface area contributed by atoms with E-state index in [2.05, 4.69) is 25.6 Å². The summed E-state index contributed by atoms with van der Waals surface area (Å²) in [6.45, 7) is 2.69. The van der Waals surface area contributed by atoms with Crippen LogP contribution in [0.3, 0.4) is 0 Å². The minimum atomic E-state index is 0.161. The van der Waals surface area contributed by atoms with Gasteiger partial charge in [0.05, 0.1) is 0 Å². The quantitative estimate of drug-likeness (QED) is 0.872. The topological polar surface area (TPSA) is 62.7 Å². The van der Waals surface area contributed by atoms with Gasteiger partial charge in [-0.05, 0) is 30.7 Å². The monoisotopic (exact) mass is 249 g/mol. The Morgan fingerprint density at radius 1 is 1.06 bits per heavy atom. The minimum absolute atomic E-state index is 0.161. The molecule has 17 heavy (non-hydrogen) atoms. The first-order valence-corrected chi connectivity index (χ1v) is 5.63. The fourth-order valence-corrected chi connectivity index (χ4v) is 1.45. The van der Waals surface area contributed by atoms with Crippen molar-refractivity contribution < 1.29 is 0 Å². The molecule has 2 aromatic rings. The Balaban J connectivity index is 2.21. The standard InChI is InChI=1S/C11H12ClN5/c1-2-13-10-15-9(12)16-11(17-10)14-8-6-4-3-5-7-8/h3-7H,2H2,1H3,(H2,13,14,15,16,17). The van der Waals surface area contributed by atoms with Crippen LogP contribution in [0.5, 0.6) is 0 Å². The third-order valence-electron chi connectivity index (χ3n) is 1.97. The molecule has 0 aliphatic rings. The van der Waals surface area contributed by atoms with Gasteiger partial charge >= 0.3 is 0 Å². The summed E-state index contributed by atoms with van der Waals surface area (Å²) < 4.78 is 0. The van der Waals surface area contributed by atoms with Crippen molar-refractivity contribution in [2.24, 2.45) is 0 Å². The summed E-state index contributed by atoms with van der Waals surface area (Å²) in [5.74, 6) is 0.887. The summed E-state index contributed by atoms with van der Waals surface area (Å²) in [7, 11) is 0. The van der Waals surface area contributed by atoms with E-state index in [-0.39, 0.29) is 5.28 Å². The summed E-state index contributed by atoms with van der Waals surface area (Å²) in [6.07, 6.45) is 0. The molecule has 0 saturated heterocycles. The minimum Gasteiger partial charge on any atom is -0.354 e. The largest absolute Gasteiger partial charge is 0.354 e. The number of nitrogens with one attached hydrogen (secondary N) is 2. The molecule has 0 unspecified atom stereocenters. The highest BCUT2D eigenvalue weighted by Crippen LogP contribution is 2.14. The molecule has 6 heteroatoms. The molecule has 0 aliphatic carbocycles. The van der Waals surface area contributed by atoms with Crippen LogP contribution in [0.25, 0.3) is 0 Å². The van der Waals surface area contributed by atoms with E-state index in [0.29, 0.717) is 11.9 Å². The predicted octanol–water partition coefficient (Wildman–Crippen LogP) is 2.70. The second-order valence-electron chi connectivity index (χ2n) is 3.27. The summed E-state index contributed by atoms with van der Waals surface area (Å²) in [5, 5.41) is 6.21. The van der Waals surface area contributed by atoms with Gasteiger partial charge in [0.1, 0.15) is 0 Å². The number of hydrogen-bond acceptors (Lipinski definition) is 5. The maximum absolute atomic E-state index is 5.81. The van der Waals surface area contributed by atoms with Gasteiger partial charge in [-0.15, -0.1) is 0 Å². The second kappa shape index (κ2) is 5.45. The number of aromatic nitrogens is 3. The maximum Gasteiger partial charge on any atom is 0.233 e. The van der Waals surface area contributed by atoms with Gasteiger partial charge in [-0.2, -0.15) is 15.0 Å². The smallest absolute Gasteiger partial charge is 0.233 e. The van der Waals surface area contributed by atoms with Crippen molar-refractivity contribution in [3.05, 3.63) is 35.6 Å². The molecule has 2 rings (SSSR count). The van der Waals surface area contributed by atoms with Crippen molar-refractivity contribution in [3.63, 3.8) is 0 Å². The van der Waals surface area contributed by atoms with E-state index in [9.17, 15) is 0 Å². The Bertz CT molecular complexity index is 488. The van der Waals surface area contributed by atoms with E-state index in [1.807, 2.05) is 37.3 Å². The second-order valence-corrected chi connectivity index (χ2v) is 3.61. The molecule has 88 valence electrons. The van der Waals surface area contributed by atoms with E-state index < -0.39 is 0 Å². The Morgan fingerprint density at radius 3 is 2.47 bits per heavy atom. The van der Waals surface area contributed by atoms with Crippen LogP contribution in [-0.2, 0) is 0 Å². The average molecular weight is 250 g/mol. The number of benzene rings is 1. The van der Waals surface area contributed by atoms with Gasteiger partial charge in [-0.3, -0.25) is 0 Å². The van der Waals surface area contributed by atoms with E-state index >= 15 is 0 Å². The molecule has 5 nitrogen and oxygen atoms in total. The van der Waals surface area contributed by atoms with Crippen molar-refractivity contribution in [2.75, 3.05) is 17.2 Å². The zero-order chi connectivity index (χ0) is 12.1. The van der Waals surface area contributed by atoms with Crippen LogP contribution in [0, 0.1) is 0 Å². The Kier molecular flexibility index (Phi) is 3.72. The molecular formula is C11H12ClN5. The van der Waals surface area contributed by atoms with Crippen LogP contribution >= 0.6 is 11.6 Å². The molecule has 1 aromatic heterocycles. The molecule has 0 fully saturated rings. The average Bonchev–Trinajstić information content (AvgIpc) is 2.30. The summed E-state index contributed by atoms with van der Waals surface area (Å²) >= 11 is 5.81. The van der Waals surface area contributed by atoms with Crippen LogP contribution < -0.4 is 10.6 Å². The van der Waals surface area contributed by atoms with E-state index in [4.69, 9.17) is 11.6 Å². The molecule has 0 amide bonds. The SMILES string of the molecule is CCNc1nc(Cl)nc(Nc2ccccc2)n1. The first kappa shape index (κ1) is 11.6. The lowest BCUT2D eigenvalue weighted by Crippen LogP contribution is -2.06. The molecule has 1 aromatic carbocycles. The number of nitrogens with zero attached hydrogens (tertiary/aromatic N) is 3. The molecular weight excluding hydrogens is 238 g/mol. The lowest BCUT2D eigenvalue weighted by molar-refractivity contribution is 1.02. The summed E-state index contributed by atoms with van der Waals surface area (Å²) in [5.41, 5.74) is 0.900. The predicted molar refractivity (Wildman–Crippen MR) is 68.7 cm³/mol. The zero-order valence-corrected chi connectivity index (χ0v) is 10.1. The van der Waals surface area contributed by atoms with Gasteiger partial charge in [0, 0.05) is 12.2 Å². The highest BCUT2D eigenvalue weighted by molar-refractivity contribution is 6.28. The number of hydrogen-bond donors (Lipinski definition) is 2. The molecule has 0 radical (unpaired) electrons. The fraction of sp³-hybridized carbons (Fsp3) is 0.182. The lowest BCUT2D eigenvalue weighted by Gasteiger charge is -2.06. The van der Waals surface area contributed by atoms with E-state index in [1.54, 1.807) is 0 Å². The van der Waals surface area contributed by atoms with Crippen LogP contribution in [0.2, 0.25) is 5.28 Å². The van der Waals surface area contributed by atoms with Crippen LogP contribution in [-0.4, -0.2) is 21.5 Å². The van der Waals surface area contributed by atoms with Crippen molar-refractivity contribution in [1.29, 1.82) is 0 Å². The van der Waals surface area contributed by atoms with Crippen molar-refractivity contribution >= 4 is 29.2 Å². The van der Waals surface area contributed by atoms with E-state index in [0.717, 1.165) is 12.2 Å². The van der Waals surface area contributed by atoms with Gasteiger partial charge in [0.15, 0.2) is 0 Å². The third-order valence-corrected chi connectivity index (χ3v) is 2.14. The van der Waals surface area contributed by atoms with Gasteiger partial charge in [-0.25, -0.2) is 0 Å². The first-order chi connectivity index (χ1) is 8.28. The summed E-state index contributed by atoms with van der Waals surface area (Å²) in [6, 6.07) is 9.64. The van der Waals surface area contributed by atoms with Gasteiger partial charge < -0.3 is 10.6 Å². The summed E-state index contributed by atoms with van der Waals surface area (Å²) in [4.78, 5) is 12.2. The third kappa shape index (κ3) is 3.29. The molecule has 1 heterocycles. The van der Waals surface area contributed by atoms with Crippen molar-refractivity contribution in [2.45, 2.75) is 6.92 Å². The van der Waals surface area contributed by atoms with Crippen molar-refractivity contribution in [3.8, 4) is 0 Å². The molecule has 0 aliphatic heterocycles. The van der Waals surface area contributed by atoms with E-state index in [1.165, 1.54) is 0 Å². The Morgan fingerprint density at radius 2 is 1.76 bits per heavy atom. The molecule has 0 bridgehead atoms. The molecule has 0 atom stereocenters. The van der Waals surface area contributed by atoms with Crippen LogP contribution in [0.4, 0.5) is 17.6 Å². The van der Waals surface area contributed by atoms with Crippen LogP contribution in [0.15, 0.2) is 30.3 Å². The Hall–Kier alpha value is -1.88. The van der Waals surface area contributed by atoms with Gasteiger partial charge in [-0.1, -0.05) is 18.2 Å². The van der Waals surface area contributed by atoms with Gasteiger partial charge in [0.25, 0.3) is 0 Å². The maximum atomic E-state index is 5.81. The number of rotatable bonds is 4. The highest BCUT2D eigenvalue weighted by Gasteiger charge is 2.04. The van der Waals surface area contributed by atoms with Gasteiger partial charge in [0.2, 0.25) is 17.2 Å². The molecule has 2 N–H and O–H groups in total. The molecule has 0 spiro atoms. The van der Waals surface area contributed by atoms with Crippen LogP contribution in [0.1, 0.15) is 6.92 Å². The highest BCUT2D eigenvalue weighted by atomic mass is 35.5. The van der Waals surface area contributed by atoms with Crippen molar-refractivity contribution in [1.82, 2.24) is 15.0 Å². The Labute approximate surface area is 104 Å². The fourth-order valence-electron chi connectivity index (χ4n) is 1.29. The first-order valence-electron chi connectivity index (χ1n) is 5.25. The number of anilines is 3. The number of halogens is 1. The molecule has 0 saturated carbocycles.